The van der Waals surface area contributed by atoms with Crippen molar-refractivity contribution >= 4 is 33.3 Å². The summed E-state index contributed by atoms with van der Waals surface area (Å²) >= 11 is 6.08. The van der Waals surface area contributed by atoms with Gasteiger partial charge in [-0.2, -0.15) is 0 Å². The summed E-state index contributed by atoms with van der Waals surface area (Å²) in [5, 5.41) is 8.92. The van der Waals surface area contributed by atoms with E-state index in [0.717, 1.165) is 12.3 Å². The molecule has 0 radical (unpaired) electrons. The molecule has 0 aliphatic carbocycles. The van der Waals surface area contributed by atoms with Crippen molar-refractivity contribution in [2.75, 3.05) is 12.9 Å². The molecule has 0 amide bonds. The van der Waals surface area contributed by atoms with Crippen LogP contribution < -0.4 is 0 Å². The molecule has 0 atom stereocenters. The number of nitrogens with zero attached hydrogens (tertiary/aromatic N) is 1. The van der Waals surface area contributed by atoms with Gasteiger partial charge in [-0.1, -0.05) is 11.6 Å². The van der Waals surface area contributed by atoms with Gasteiger partial charge >= 0.3 is 5.97 Å². The van der Waals surface area contributed by atoms with Crippen LogP contribution in [0, 0.1) is 0 Å². The largest absolute Gasteiger partial charge is 0.478 e. The first-order chi connectivity index (χ1) is 9.53. The van der Waals surface area contributed by atoms with Crippen molar-refractivity contribution in [1.82, 2.24) is 0 Å². The average Bonchev–Trinajstić information content (AvgIpc) is 2.67. The zero-order valence-electron chi connectivity index (χ0n) is 11.7. The van der Waals surface area contributed by atoms with Gasteiger partial charge in [-0.25, -0.2) is 18.2 Å². The Bertz CT molecular complexity index is 752. The zero-order chi connectivity index (χ0) is 16.0. The summed E-state index contributed by atoms with van der Waals surface area (Å²) in [6, 6.07) is 2.36. The summed E-state index contributed by atoms with van der Waals surface area (Å²) in [5.74, 6) is -1.20. The van der Waals surface area contributed by atoms with Crippen LogP contribution in [0.15, 0.2) is 22.0 Å². The Morgan fingerprint density at radius 2 is 2.05 bits per heavy atom. The number of aromatic carboxylic acids is 1. The molecular weight excluding hydrogens is 318 g/mol. The van der Waals surface area contributed by atoms with Crippen molar-refractivity contribution in [1.29, 1.82) is 0 Å². The number of halogens is 1. The number of benzene rings is 1. The van der Waals surface area contributed by atoms with E-state index in [1.807, 2.05) is 13.8 Å². The normalized spacial score (nSPS) is 17.2. The molecular formula is C13H14ClNO5S. The third kappa shape index (κ3) is 3.03. The maximum atomic E-state index is 11.9. The van der Waals surface area contributed by atoms with E-state index in [-0.39, 0.29) is 33.5 Å². The summed E-state index contributed by atoms with van der Waals surface area (Å²) < 4.78 is 29.2. The van der Waals surface area contributed by atoms with Crippen LogP contribution in [0.25, 0.3) is 0 Å². The van der Waals surface area contributed by atoms with E-state index < -0.39 is 21.3 Å². The topological polar surface area (TPSA) is 93.0 Å². The fourth-order valence-corrected chi connectivity index (χ4v) is 3.20. The minimum Gasteiger partial charge on any atom is -0.478 e. The van der Waals surface area contributed by atoms with Crippen LogP contribution in [0.2, 0.25) is 5.02 Å². The van der Waals surface area contributed by atoms with Crippen LogP contribution in [-0.2, 0) is 14.6 Å². The zero-order valence-corrected chi connectivity index (χ0v) is 13.2. The van der Waals surface area contributed by atoms with E-state index in [2.05, 4.69) is 4.99 Å². The van der Waals surface area contributed by atoms with E-state index in [1.54, 1.807) is 0 Å². The summed E-state index contributed by atoms with van der Waals surface area (Å²) in [6.07, 6.45) is 1.02. The standard InChI is InChI=1S/C13H14ClNO5S/c1-13(2)6-20-11(15-13)9-8(21(3,18)19)5-4-7(10(9)14)12(16)17/h4-5H,6H2,1-3H3,(H,16,17). The molecule has 1 heterocycles. The Kier molecular flexibility index (Phi) is 3.75. The monoisotopic (exact) mass is 331 g/mol. The maximum absolute atomic E-state index is 11.9. The van der Waals surface area contributed by atoms with Gasteiger partial charge in [0, 0.05) is 6.26 Å². The lowest BCUT2D eigenvalue weighted by Crippen LogP contribution is -2.17. The molecule has 21 heavy (non-hydrogen) atoms. The second kappa shape index (κ2) is 4.99. The molecule has 114 valence electrons. The molecule has 1 aliphatic heterocycles. The Morgan fingerprint density at radius 1 is 1.43 bits per heavy atom. The number of ether oxygens (including phenoxy) is 1. The van der Waals surface area contributed by atoms with Gasteiger partial charge < -0.3 is 9.84 Å². The molecule has 0 fully saturated rings. The van der Waals surface area contributed by atoms with Crippen molar-refractivity contribution < 1.29 is 23.1 Å². The molecule has 0 bridgehead atoms. The molecule has 1 aromatic carbocycles. The highest BCUT2D eigenvalue weighted by atomic mass is 35.5. The average molecular weight is 332 g/mol. The molecule has 0 spiro atoms. The van der Waals surface area contributed by atoms with E-state index in [9.17, 15) is 13.2 Å². The molecule has 6 nitrogen and oxygen atoms in total. The first-order valence-corrected chi connectivity index (χ1v) is 8.29. The lowest BCUT2D eigenvalue weighted by atomic mass is 10.1. The second-order valence-corrected chi connectivity index (χ2v) is 7.76. The number of sulfone groups is 1. The van der Waals surface area contributed by atoms with Crippen LogP contribution in [0.3, 0.4) is 0 Å². The number of aliphatic imine (C=N–C) groups is 1. The number of hydrogen-bond donors (Lipinski definition) is 1. The minimum absolute atomic E-state index is 0.00430. The summed E-state index contributed by atoms with van der Waals surface area (Å²) in [5.41, 5.74) is -0.716. The maximum Gasteiger partial charge on any atom is 0.337 e. The number of carbonyl (C=O) groups is 1. The van der Waals surface area contributed by atoms with Crippen LogP contribution >= 0.6 is 11.6 Å². The quantitative estimate of drug-likeness (QED) is 0.914. The SMILES string of the molecule is CC1(C)COC(c2c(S(C)(=O)=O)ccc(C(=O)O)c2Cl)=N1. The molecule has 1 aromatic rings. The van der Waals surface area contributed by atoms with Crippen molar-refractivity contribution in [2.45, 2.75) is 24.3 Å². The number of carboxylic acid groups (broad SMARTS) is 1. The van der Waals surface area contributed by atoms with Crippen LogP contribution in [0.1, 0.15) is 29.8 Å². The molecule has 8 heteroatoms. The third-order valence-corrected chi connectivity index (χ3v) is 4.45. The number of carboxylic acids is 1. The second-order valence-electron chi connectivity index (χ2n) is 5.40. The fraction of sp³-hybridized carbons (Fsp3) is 0.385. The van der Waals surface area contributed by atoms with Gasteiger partial charge in [-0.05, 0) is 26.0 Å². The van der Waals surface area contributed by atoms with E-state index in [0.29, 0.717) is 0 Å². The van der Waals surface area contributed by atoms with Crippen LogP contribution in [-0.4, -0.2) is 43.8 Å². The predicted octanol–water partition coefficient (Wildman–Crippen LogP) is 2.00. The van der Waals surface area contributed by atoms with Gasteiger partial charge in [0.05, 0.1) is 26.6 Å². The molecule has 0 aromatic heterocycles. The first kappa shape index (κ1) is 15.8. The fourth-order valence-electron chi connectivity index (χ4n) is 1.94. The van der Waals surface area contributed by atoms with Gasteiger partial charge in [0.2, 0.25) is 5.90 Å². The lowest BCUT2D eigenvalue weighted by molar-refractivity contribution is 0.0697. The highest BCUT2D eigenvalue weighted by Crippen LogP contribution is 2.32. The summed E-state index contributed by atoms with van der Waals surface area (Å²) in [6.45, 7) is 3.89. The highest BCUT2D eigenvalue weighted by Gasteiger charge is 2.32. The Morgan fingerprint density at radius 3 is 2.48 bits per heavy atom. The van der Waals surface area contributed by atoms with E-state index in [1.165, 1.54) is 6.07 Å². The summed E-state index contributed by atoms with van der Waals surface area (Å²) in [4.78, 5) is 15.3. The van der Waals surface area contributed by atoms with Crippen molar-refractivity contribution in [3.63, 3.8) is 0 Å². The molecule has 0 saturated carbocycles. The van der Waals surface area contributed by atoms with Gasteiger partial charge in [0.25, 0.3) is 0 Å². The van der Waals surface area contributed by atoms with Crippen molar-refractivity contribution in [3.8, 4) is 0 Å². The minimum atomic E-state index is -3.61. The number of hydrogen-bond acceptors (Lipinski definition) is 5. The third-order valence-electron chi connectivity index (χ3n) is 2.91. The Hall–Kier alpha value is -1.60. The van der Waals surface area contributed by atoms with Crippen LogP contribution in [0.4, 0.5) is 0 Å². The van der Waals surface area contributed by atoms with Crippen LogP contribution in [0.5, 0.6) is 0 Å². The summed E-state index contributed by atoms with van der Waals surface area (Å²) in [7, 11) is -3.61. The first-order valence-electron chi connectivity index (χ1n) is 6.02. The Balaban J connectivity index is 2.78. The van der Waals surface area contributed by atoms with Gasteiger partial charge in [0.15, 0.2) is 9.84 Å². The molecule has 1 aliphatic rings. The number of rotatable bonds is 3. The van der Waals surface area contributed by atoms with Gasteiger partial charge in [-0.15, -0.1) is 0 Å². The molecule has 0 saturated heterocycles. The van der Waals surface area contributed by atoms with Crippen molar-refractivity contribution in [3.05, 3.63) is 28.3 Å². The smallest absolute Gasteiger partial charge is 0.337 e. The predicted molar refractivity (Wildman–Crippen MR) is 78.1 cm³/mol. The van der Waals surface area contributed by atoms with Crippen molar-refractivity contribution in [2.24, 2.45) is 4.99 Å². The molecule has 0 unspecified atom stereocenters. The van der Waals surface area contributed by atoms with E-state index >= 15 is 0 Å². The highest BCUT2D eigenvalue weighted by molar-refractivity contribution is 7.90. The lowest BCUT2D eigenvalue weighted by Gasteiger charge is -2.11. The molecule has 2 rings (SSSR count). The van der Waals surface area contributed by atoms with Gasteiger partial charge in [-0.3, -0.25) is 0 Å². The van der Waals surface area contributed by atoms with E-state index in [4.69, 9.17) is 21.4 Å². The molecule has 1 N–H and O–H groups in total. The van der Waals surface area contributed by atoms with Gasteiger partial charge in [0.1, 0.15) is 6.61 Å². The Labute approximate surface area is 127 Å².